The topological polar surface area (TPSA) is 35.5 Å². The lowest BCUT2D eigenvalue weighted by Gasteiger charge is -2.04. The van der Waals surface area contributed by atoms with Gasteiger partial charge in [0.05, 0.1) is 12.7 Å². The van der Waals surface area contributed by atoms with Gasteiger partial charge in [-0.3, -0.25) is 0 Å². The highest BCUT2D eigenvalue weighted by Crippen LogP contribution is 2.06. The molecule has 1 saturated heterocycles. The zero-order valence-electron chi connectivity index (χ0n) is 5.21. The molecule has 3 heteroatoms. The molecule has 9 heavy (non-hydrogen) atoms. The quantitative estimate of drug-likeness (QED) is 0.504. The first kappa shape index (κ1) is 6.71. The van der Waals surface area contributed by atoms with Crippen LogP contribution in [0, 0.1) is 0 Å². The molecule has 1 atom stereocenters. The van der Waals surface area contributed by atoms with Gasteiger partial charge in [0.1, 0.15) is 12.9 Å². The Morgan fingerprint density at radius 3 is 3.22 bits per heavy atom. The molecule has 1 aliphatic rings. The van der Waals surface area contributed by atoms with Crippen molar-refractivity contribution in [1.82, 2.24) is 0 Å². The van der Waals surface area contributed by atoms with Crippen molar-refractivity contribution in [1.29, 1.82) is 0 Å². The normalized spacial score (nSPS) is 26.4. The third kappa shape index (κ3) is 2.11. The van der Waals surface area contributed by atoms with Crippen LogP contribution in [0.2, 0.25) is 0 Å². The molecule has 1 heterocycles. The zero-order chi connectivity index (χ0) is 6.53. The highest BCUT2D eigenvalue weighted by Gasteiger charge is 2.14. The lowest BCUT2D eigenvalue weighted by Crippen LogP contribution is -2.13. The predicted molar refractivity (Wildman–Crippen MR) is 31.2 cm³/mol. The van der Waals surface area contributed by atoms with Gasteiger partial charge in [0.2, 0.25) is 0 Å². The summed E-state index contributed by atoms with van der Waals surface area (Å²) in [5, 5.41) is 0. The number of aldehydes is 1. The van der Waals surface area contributed by atoms with E-state index in [-0.39, 0.29) is 12.7 Å². The summed E-state index contributed by atoms with van der Waals surface area (Å²) < 4.78 is 10.1. The minimum absolute atomic E-state index is 0.162. The highest BCUT2D eigenvalue weighted by atomic mass is 16.5. The van der Waals surface area contributed by atoms with Crippen molar-refractivity contribution >= 4 is 6.29 Å². The van der Waals surface area contributed by atoms with E-state index in [4.69, 9.17) is 9.47 Å². The molecule has 52 valence electrons. The lowest BCUT2D eigenvalue weighted by atomic mass is 10.3. The van der Waals surface area contributed by atoms with Gasteiger partial charge in [-0.05, 0) is 6.42 Å². The molecule has 0 spiro atoms. The van der Waals surface area contributed by atoms with Crippen LogP contribution in [-0.2, 0) is 14.3 Å². The Balaban J connectivity index is 2.04. The molecular weight excluding hydrogens is 120 g/mol. The highest BCUT2D eigenvalue weighted by molar-refractivity contribution is 5.50. The summed E-state index contributed by atoms with van der Waals surface area (Å²) in [5.41, 5.74) is 0. The van der Waals surface area contributed by atoms with Gasteiger partial charge in [0, 0.05) is 6.61 Å². The van der Waals surface area contributed by atoms with Crippen LogP contribution in [0.15, 0.2) is 0 Å². The average molecular weight is 130 g/mol. The molecule has 0 amide bonds. The molecule has 0 N–H and O–H groups in total. The second-order valence-electron chi connectivity index (χ2n) is 1.99. The molecule has 0 bridgehead atoms. The Morgan fingerprint density at radius 1 is 1.78 bits per heavy atom. The van der Waals surface area contributed by atoms with E-state index in [1.165, 1.54) is 0 Å². The smallest absolute Gasteiger partial charge is 0.145 e. The van der Waals surface area contributed by atoms with Crippen LogP contribution in [0.4, 0.5) is 0 Å². The predicted octanol–water partition coefficient (Wildman–Crippen LogP) is -0.00920. The summed E-state index contributed by atoms with van der Waals surface area (Å²) in [6.45, 7) is 1.62. The largest absolute Gasteiger partial charge is 0.379 e. The third-order valence-electron chi connectivity index (χ3n) is 1.29. The van der Waals surface area contributed by atoms with E-state index < -0.39 is 0 Å². The molecule has 1 fully saturated rings. The van der Waals surface area contributed by atoms with Gasteiger partial charge < -0.3 is 14.3 Å². The van der Waals surface area contributed by atoms with Crippen molar-refractivity contribution in [3.8, 4) is 0 Å². The van der Waals surface area contributed by atoms with Crippen molar-refractivity contribution in [2.45, 2.75) is 12.5 Å². The zero-order valence-corrected chi connectivity index (χ0v) is 5.21. The standard InChI is InChI=1S/C6H10O3/c7-2-4-9-6-1-3-8-5-6/h2,6H,1,3-5H2. The number of hydrogen-bond acceptors (Lipinski definition) is 3. The Kier molecular flexibility index (Phi) is 2.67. The molecule has 0 aliphatic carbocycles. The summed E-state index contributed by atoms with van der Waals surface area (Å²) in [7, 11) is 0. The van der Waals surface area contributed by atoms with Crippen LogP contribution in [0.3, 0.4) is 0 Å². The summed E-state index contributed by atoms with van der Waals surface area (Å²) in [6.07, 6.45) is 1.85. The fraction of sp³-hybridized carbons (Fsp3) is 0.833. The Morgan fingerprint density at radius 2 is 2.67 bits per heavy atom. The van der Waals surface area contributed by atoms with E-state index in [1.807, 2.05) is 0 Å². The maximum atomic E-state index is 9.80. The van der Waals surface area contributed by atoms with Crippen molar-refractivity contribution in [2.75, 3.05) is 19.8 Å². The Bertz CT molecular complexity index is 86.3. The third-order valence-corrected chi connectivity index (χ3v) is 1.29. The first-order chi connectivity index (χ1) is 4.43. The van der Waals surface area contributed by atoms with Crippen molar-refractivity contribution in [3.63, 3.8) is 0 Å². The SMILES string of the molecule is O=CCOC1CCOC1. The average Bonchev–Trinajstić information content (AvgIpc) is 2.34. The van der Waals surface area contributed by atoms with E-state index in [9.17, 15) is 4.79 Å². The maximum Gasteiger partial charge on any atom is 0.145 e. The molecule has 0 aromatic carbocycles. The summed E-state index contributed by atoms with van der Waals surface area (Å²) >= 11 is 0. The molecule has 1 unspecified atom stereocenters. The summed E-state index contributed by atoms with van der Waals surface area (Å²) in [6, 6.07) is 0. The van der Waals surface area contributed by atoms with Gasteiger partial charge in [0.25, 0.3) is 0 Å². The van der Waals surface area contributed by atoms with Crippen LogP contribution in [0.1, 0.15) is 6.42 Å². The summed E-state index contributed by atoms with van der Waals surface area (Å²) in [4.78, 5) is 9.80. The van der Waals surface area contributed by atoms with Gasteiger partial charge in [-0.2, -0.15) is 0 Å². The van der Waals surface area contributed by atoms with Gasteiger partial charge in [-0.25, -0.2) is 0 Å². The van der Waals surface area contributed by atoms with E-state index >= 15 is 0 Å². The van der Waals surface area contributed by atoms with Gasteiger partial charge in [-0.1, -0.05) is 0 Å². The van der Waals surface area contributed by atoms with Crippen LogP contribution < -0.4 is 0 Å². The number of ether oxygens (including phenoxy) is 2. The maximum absolute atomic E-state index is 9.80. The van der Waals surface area contributed by atoms with Gasteiger partial charge >= 0.3 is 0 Å². The van der Waals surface area contributed by atoms with E-state index in [2.05, 4.69) is 0 Å². The first-order valence-electron chi connectivity index (χ1n) is 3.06. The van der Waals surface area contributed by atoms with Crippen LogP contribution >= 0.6 is 0 Å². The summed E-state index contributed by atoms with van der Waals surface area (Å²) in [5.74, 6) is 0. The molecule has 0 aromatic heterocycles. The minimum Gasteiger partial charge on any atom is -0.379 e. The molecule has 1 rings (SSSR count). The second-order valence-corrected chi connectivity index (χ2v) is 1.99. The van der Waals surface area contributed by atoms with Crippen molar-refractivity contribution in [2.24, 2.45) is 0 Å². The van der Waals surface area contributed by atoms with Crippen LogP contribution in [0.5, 0.6) is 0 Å². The minimum atomic E-state index is 0.162. The molecule has 3 nitrogen and oxygen atoms in total. The monoisotopic (exact) mass is 130 g/mol. The van der Waals surface area contributed by atoms with Crippen molar-refractivity contribution < 1.29 is 14.3 Å². The number of hydrogen-bond donors (Lipinski definition) is 0. The fourth-order valence-electron chi connectivity index (χ4n) is 0.820. The van der Waals surface area contributed by atoms with Gasteiger partial charge in [-0.15, -0.1) is 0 Å². The van der Waals surface area contributed by atoms with Crippen LogP contribution in [0.25, 0.3) is 0 Å². The van der Waals surface area contributed by atoms with Gasteiger partial charge in [0.15, 0.2) is 0 Å². The second kappa shape index (κ2) is 3.58. The Hall–Kier alpha value is -0.410. The number of carbonyl (C=O) groups excluding carboxylic acids is 1. The fourth-order valence-corrected chi connectivity index (χ4v) is 0.820. The van der Waals surface area contributed by atoms with Crippen LogP contribution in [-0.4, -0.2) is 32.2 Å². The molecule has 0 radical (unpaired) electrons. The molecular formula is C6H10O3. The van der Waals surface area contributed by atoms with Crippen molar-refractivity contribution in [3.05, 3.63) is 0 Å². The number of rotatable bonds is 3. The molecule has 0 saturated carbocycles. The number of carbonyl (C=O) groups is 1. The molecule has 1 aliphatic heterocycles. The van der Waals surface area contributed by atoms with E-state index in [0.717, 1.165) is 19.3 Å². The Labute approximate surface area is 53.9 Å². The van der Waals surface area contributed by atoms with E-state index in [1.54, 1.807) is 0 Å². The lowest BCUT2D eigenvalue weighted by molar-refractivity contribution is -0.113. The molecule has 0 aromatic rings. The van der Waals surface area contributed by atoms with E-state index in [0.29, 0.717) is 6.61 Å². The first-order valence-corrected chi connectivity index (χ1v) is 3.06.